The van der Waals surface area contributed by atoms with Gasteiger partial charge in [-0.2, -0.15) is 0 Å². The van der Waals surface area contributed by atoms with E-state index in [-0.39, 0.29) is 6.17 Å². The quantitative estimate of drug-likeness (QED) is 0.218. The molecule has 1 unspecified atom stereocenters. The van der Waals surface area contributed by atoms with Gasteiger partial charge in [0.05, 0.1) is 22.9 Å². The van der Waals surface area contributed by atoms with Crippen LogP contribution >= 0.6 is 0 Å². The van der Waals surface area contributed by atoms with Gasteiger partial charge in [0.2, 0.25) is 0 Å². The van der Waals surface area contributed by atoms with Crippen molar-refractivity contribution in [3.8, 4) is 11.1 Å². The van der Waals surface area contributed by atoms with Crippen LogP contribution in [0, 0.1) is 0 Å². The zero-order valence-electron chi connectivity index (χ0n) is 25.7. The van der Waals surface area contributed by atoms with Gasteiger partial charge in [-0.15, -0.1) is 0 Å². The first-order chi connectivity index (χ1) is 23.8. The average Bonchev–Trinajstić information content (AvgIpc) is 3.72. The fourth-order valence-corrected chi connectivity index (χ4v) is 7.12. The third-order valence-corrected chi connectivity index (χ3v) is 9.40. The Morgan fingerprint density at radius 1 is 0.562 bits per heavy atom. The van der Waals surface area contributed by atoms with Gasteiger partial charge in [-0.1, -0.05) is 97.1 Å². The van der Waals surface area contributed by atoms with Crippen molar-refractivity contribution in [2.75, 3.05) is 0 Å². The third-order valence-electron chi connectivity index (χ3n) is 9.40. The number of aliphatic imine (C=N–C) groups is 1. The molecular formula is C42H28N4O2+2. The third kappa shape index (κ3) is 4.20. The average molecular weight is 621 g/mol. The minimum absolute atomic E-state index is 0.0692. The molecule has 0 saturated carbocycles. The first-order valence-electron chi connectivity index (χ1n) is 16.1. The molecule has 0 saturated heterocycles. The summed E-state index contributed by atoms with van der Waals surface area (Å²) in [5.41, 5.74) is 8.26. The molecule has 3 N–H and O–H groups in total. The lowest BCUT2D eigenvalue weighted by atomic mass is 9.98. The number of para-hydroxylation sites is 2. The molecule has 48 heavy (non-hydrogen) atoms. The van der Waals surface area contributed by atoms with Gasteiger partial charge in [0.25, 0.3) is 6.17 Å². The van der Waals surface area contributed by atoms with E-state index in [1.807, 2.05) is 30.5 Å². The molecule has 6 aromatic carbocycles. The van der Waals surface area contributed by atoms with Crippen LogP contribution in [-0.2, 0) is 0 Å². The van der Waals surface area contributed by atoms with Crippen molar-refractivity contribution in [2.24, 2.45) is 4.99 Å². The Morgan fingerprint density at radius 3 is 2.02 bits per heavy atom. The Morgan fingerprint density at radius 2 is 1.23 bits per heavy atom. The number of nitrogens with zero attached hydrogens (tertiary/aromatic N) is 2. The normalized spacial score (nSPS) is 15.0. The number of fused-ring (bicyclic) bond motifs is 7. The molecule has 0 amide bonds. The second kappa shape index (κ2) is 10.6. The number of quaternary nitrogens is 1. The highest BCUT2D eigenvalue weighted by Crippen LogP contribution is 2.42. The lowest BCUT2D eigenvalue weighted by Gasteiger charge is -2.13. The van der Waals surface area contributed by atoms with Crippen molar-refractivity contribution in [3.63, 3.8) is 0 Å². The Kier molecular flexibility index (Phi) is 5.91. The molecular weight excluding hydrogens is 592 g/mol. The Hall–Kier alpha value is -6.37. The van der Waals surface area contributed by atoms with Gasteiger partial charge in [-0.3, -0.25) is 4.98 Å². The van der Waals surface area contributed by atoms with Crippen LogP contribution in [0.5, 0.6) is 0 Å². The van der Waals surface area contributed by atoms with Crippen molar-refractivity contribution in [3.05, 3.63) is 163 Å². The second-order valence-corrected chi connectivity index (χ2v) is 12.2. The first-order valence-corrected chi connectivity index (χ1v) is 16.1. The molecule has 1 aliphatic rings. The summed E-state index contributed by atoms with van der Waals surface area (Å²) in [6, 6.07) is 46.2. The molecule has 1 atom stereocenters. The number of furan rings is 2. The first kappa shape index (κ1) is 26.8. The molecule has 0 spiro atoms. The number of aromatic nitrogens is 1. The van der Waals surface area contributed by atoms with E-state index in [4.69, 9.17) is 13.8 Å². The predicted octanol–water partition coefficient (Wildman–Crippen LogP) is 7.25. The standard InChI is InChI=1S/C42H26N4O2/c1-3-11-25(12-4-1)40-44-41(26-13-5-2-6-14-26)46-42(45-40)34-23-43-24-36-37(34)32-20-10-18-30(39(32)48-36)29-17-9-19-31-33-21-27-15-7-8-16-28(27)22-35(33)47-38(29)31/h1-24,40H,(H,44,45,46)/p+2. The Labute approximate surface area is 274 Å². The highest BCUT2D eigenvalue weighted by atomic mass is 16.3. The summed E-state index contributed by atoms with van der Waals surface area (Å²) in [7, 11) is 0. The van der Waals surface area contributed by atoms with Gasteiger partial charge >= 0.3 is 11.7 Å². The molecule has 1 aliphatic heterocycles. The van der Waals surface area contributed by atoms with Crippen molar-refractivity contribution < 1.29 is 19.1 Å². The molecule has 0 radical (unpaired) electrons. The zero-order valence-corrected chi connectivity index (χ0v) is 25.7. The van der Waals surface area contributed by atoms with Gasteiger partial charge in [0.1, 0.15) is 16.7 Å². The van der Waals surface area contributed by atoms with E-state index in [1.165, 1.54) is 5.39 Å². The number of hydrogen-bond donors (Lipinski definition) is 2. The number of amidine groups is 2. The number of nitrogens with two attached hydrogens (primary N) is 1. The second-order valence-electron chi connectivity index (χ2n) is 12.2. The van der Waals surface area contributed by atoms with E-state index in [1.54, 1.807) is 6.20 Å². The molecule has 3 aromatic heterocycles. The SMILES string of the molecule is c1ccc(C2=NC(c3cncc4oc5c(-c6cccc7c6oc6cc8ccccc8cc67)cccc5c34)=[NH+]C(c3ccccc3)[NH2+]2)cc1. The van der Waals surface area contributed by atoms with Crippen LogP contribution in [0.2, 0.25) is 0 Å². The van der Waals surface area contributed by atoms with Crippen LogP contribution in [0.15, 0.2) is 160 Å². The summed E-state index contributed by atoms with van der Waals surface area (Å²) in [5.74, 6) is 1.66. The van der Waals surface area contributed by atoms with Crippen molar-refractivity contribution in [2.45, 2.75) is 6.17 Å². The molecule has 4 heterocycles. The van der Waals surface area contributed by atoms with Crippen LogP contribution in [0.4, 0.5) is 0 Å². The largest absolute Gasteiger partial charge is 0.455 e. The number of nitrogens with one attached hydrogen (secondary N) is 1. The summed E-state index contributed by atoms with van der Waals surface area (Å²) in [4.78, 5) is 13.5. The fourth-order valence-electron chi connectivity index (χ4n) is 7.12. The van der Waals surface area contributed by atoms with Gasteiger partial charge in [0.15, 0.2) is 5.58 Å². The molecule has 6 nitrogen and oxygen atoms in total. The van der Waals surface area contributed by atoms with Crippen molar-refractivity contribution in [1.29, 1.82) is 0 Å². The topological polar surface area (TPSA) is 82.1 Å². The van der Waals surface area contributed by atoms with Gasteiger partial charge in [-0.05, 0) is 47.2 Å². The van der Waals surface area contributed by atoms with Crippen LogP contribution in [-0.4, -0.2) is 16.7 Å². The maximum absolute atomic E-state index is 6.68. The van der Waals surface area contributed by atoms with Gasteiger partial charge < -0.3 is 8.83 Å². The van der Waals surface area contributed by atoms with Crippen LogP contribution in [0.1, 0.15) is 22.9 Å². The summed E-state index contributed by atoms with van der Waals surface area (Å²) in [6.45, 7) is 0. The van der Waals surface area contributed by atoms with Crippen molar-refractivity contribution in [1.82, 2.24) is 4.98 Å². The highest BCUT2D eigenvalue weighted by molar-refractivity contribution is 6.21. The van der Waals surface area contributed by atoms with E-state index in [0.29, 0.717) is 5.58 Å². The smallest absolute Gasteiger partial charge is 0.343 e. The predicted molar refractivity (Wildman–Crippen MR) is 191 cm³/mol. The Bertz CT molecular complexity index is 2760. The molecule has 6 heteroatoms. The monoisotopic (exact) mass is 620 g/mol. The van der Waals surface area contributed by atoms with Crippen LogP contribution in [0.3, 0.4) is 0 Å². The molecule has 0 aliphatic carbocycles. The fraction of sp³-hybridized carbons (Fsp3) is 0.0238. The van der Waals surface area contributed by atoms with Crippen LogP contribution in [0.25, 0.3) is 65.8 Å². The van der Waals surface area contributed by atoms with Gasteiger partial charge in [0, 0.05) is 43.9 Å². The molecule has 0 fully saturated rings. The maximum Gasteiger partial charge on any atom is 0.343 e. The van der Waals surface area contributed by atoms with Crippen molar-refractivity contribution >= 4 is 66.3 Å². The summed E-state index contributed by atoms with van der Waals surface area (Å²) < 4.78 is 13.3. The zero-order chi connectivity index (χ0) is 31.6. The van der Waals surface area contributed by atoms with Crippen LogP contribution < -0.4 is 10.3 Å². The Balaban J connectivity index is 1.18. The minimum atomic E-state index is -0.0692. The van der Waals surface area contributed by atoms with E-state index in [9.17, 15) is 0 Å². The maximum atomic E-state index is 6.68. The number of pyridine rings is 1. The summed E-state index contributed by atoms with van der Waals surface area (Å²) in [5, 5.41) is 8.68. The number of hydrogen-bond acceptors (Lipinski definition) is 4. The summed E-state index contributed by atoms with van der Waals surface area (Å²) in [6.07, 6.45) is 3.61. The highest BCUT2D eigenvalue weighted by Gasteiger charge is 2.33. The van der Waals surface area contributed by atoms with E-state index < -0.39 is 0 Å². The molecule has 10 rings (SSSR count). The van der Waals surface area contributed by atoms with Gasteiger partial charge in [-0.25, -0.2) is 10.3 Å². The van der Waals surface area contributed by atoms with E-state index in [2.05, 4.69) is 124 Å². The number of benzene rings is 6. The van der Waals surface area contributed by atoms with E-state index >= 15 is 0 Å². The lowest BCUT2D eigenvalue weighted by molar-refractivity contribution is -0.789. The minimum Gasteiger partial charge on any atom is -0.455 e. The molecule has 0 bridgehead atoms. The molecule has 9 aromatic rings. The summed E-state index contributed by atoms with van der Waals surface area (Å²) >= 11 is 0. The van der Waals surface area contributed by atoms with E-state index in [0.717, 1.165) is 83.2 Å². The lowest BCUT2D eigenvalue weighted by Crippen LogP contribution is -3.05. The number of rotatable bonds is 4. The molecule has 226 valence electrons.